The van der Waals surface area contributed by atoms with E-state index in [9.17, 15) is 13.2 Å². The lowest BCUT2D eigenvalue weighted by Crippen LogP contribution is -2.45. The van der Waals surface area contributed by atoms with Gasteiger partial charge in [0.25, 0.3) is 0 Å². The lowest BCUT2D eigenvalue weighted by Gasteiger charge is -2.32. The molecule has 1 atom stereocenters. The van der Waals surface area contributed by atoms with Crippen molar-refractivity contribution in [3.05, 3.63) is 0 Å². The van der Waals surface area contributed by atoms with E-state index in [1.165, 1.54) is 0 Å². The monoisotopic (exact) mass is 277 g/mol. The largest absolute Gasteiger partial charge is 0.480 e. The second kappa shape index (κ2) is 6.52. The van der Waals surface area contributed by atoms with Crippen molar-refractivity contribution in [2.45, 2.75) is 50.8 Å². The molecule has 1 aliphatic rings. The van der Waals surface area contributed by atoms with E-state index in [2.05, 4.69) is 0 Å². The van der Waals surface area contributed by atoms with Crippen molar-refractivity contribution in [2.24, 2.45) is 0 Å². The summed E-state index contributed by atoms with van der Waals surface area (Å²) in [4.78, 5) is 13.0. The normalized spacial score (nSPS) is 22.3. The highest BCUT2D eigenvalue weighted by atomic mass is 32.2. The molecule has 18 heavy (non-hydrogen) atoms. The van der Waals surface area contributed by atoms with Crippen LogP contribution >= 0.6 is 0 Å². The summed E-state index contributed by atoms with van der Waals surface area (Å²) in [6.45, 7) is 4.67. The number of carboxylic acids is 1. The van der Waals surface area contributed by atoms with Crippen LogP contribution in [0.25, 0.3) is 0 Å². The molecule has 6 heteroatoms. The summed E-state index contributed by atoms with van der Waals surface area (Å²) in [7, 11) is -3.01. The Kier molecular flexibility index (Phi) is 5.59. The topological polar surface area (TPSA) is 74.7 Å². The smallest absolute Gasteiger partial charge is 0.320 e. The van der Waals surface area contributed by atoms with Crippen molar-refractivity contribution >= 4 is 15.8 Å². The summed E-state index contributed by atoms with van der Waals surface area (Å²) in [5.41, 5.74) is 0. The van der Waals surface area contributed by atoms with Gasteiger partial charge < -0.3 is 5.11 Å². The summed E-state index contributed by atoms with van der Waals surface area (Å²) in [5, 5.41) is 8.74. The van der Waals surface area contributed by atoms with Gasteiger partial charge in [-0.3, -0.25) is 9.69 Å². The molecule has 0 aliphatic carbocycles. The number of sulfone groups is 1. The highest BCUT2D eigenvalue weighted by Crippen LogP contribution is 2.17. The van der Waals surface area contributed by atoms with E-state index in [-0.39, 0.29) is 11.0 Å². The summed E-state index contributed by atoms with van der Waals surface area (Å²) >= 11 is 0. The van der Waals surface area contributed by atoms with Crippen LogP contribution in [0, 0.1) is 0 Å². The quantitative estimate of drug-likeness (QED) is 0.788. The van der Waals surface area contributed by atoms with Crippen molar-refractivity contribution < 1.29 is 18.3 Å². The summed E-state index contributed by atoms with van der Waals surface area (Å²) in [5.74, 6) is -0.644. The molecule has 0 amide bonds. The zero-order chi connectivity index (χ0) is 13.8. The van der Waals surface area contributed by atoms with E-state index in [0.717, 1.165) is 19.4 Å². The maximum absolute atomic E-state index is 11.7. The molecular formula is C12H23NO4S. The highest BCUT2D eigenvalue weighted by molar-refractivity contribution is 7.91. The molecule has 1 heterocycles. The molecule has 1 N–H and O–H groups in total. The van der Waals surface area contributed by atoms with Crippen LogP contribution in [-0.2, 0) is 14.6 Å². The molecule has 0 saturated carbocycles. The average Bonchev–Trinajstić information content (AvgIpc) is 2.29. The Bertz CT molecular complexity index is 378. The molecule has 1 saturated heterocycles. The first-order chi connectivity index (χ1) is 8.34. The number of aliphatic carboxylic acids is 1. The van der Waals surface area contributed by atoms with Gasteiger partial charge in [0, 0.05) is 0 Å². The van der Waals surface area contributed by atoms with Gasteiger partial charge in [0.2, 0.25) is 0 Å². The van der Waals surface area contributed by atoms with Crippen LogP contribution in [0.5, 0.6) is 0 Å². The van der Waals surface area contributed by atoms with E-state index in [1.54, 1.807) is 13.8 Å². The molecule has 0 radical (unpaired) electrons. The first-order valence-corrected chi connectivity index (χ1v) is 8.24. The summed E-state index contributed by atoms with van der Waals surface area (Å²) in [6.07, 6.45) is 3.13. The van der Waals surface area contributed by atoms with Crippen molar-refractivity contribution in [1.82, 2.24) is 4.90 Å². The predicted molar refractivity (Wildman–Crippen MR) is 70.4 cm³/mol. The van der Waals surface area contributed by atoms with Gasteiger partial charge in [0.05, 0.1) is 11.0 Å². The first-order valence-electron chi connectivity index (χ1n) is 6.53. The number of carbonyl (C=O) groups is 1. The number of hydrogen-bond donors (Lipinski definition) is 1. The predicted octanol–water partition coefficient (Wildman–Crippen LogP) is 1.14. The number of piperidine rings is 1. The highest BCUT2D eigenvalue weighted by Gasteiger charge is 2.28. The van der Waals surface area contributed by atoms with Gasteiger partial charge >= 0.3 is 5.97 Å². The van der Waals surface area contributed by atoms with E-state index in [0.29, 0.717) is 19.4 Å². The second-order valence-corrected chi connectivity index (χ2v) is 7.83. The maximum Gasteiger partial charge on any atom is 0.320 e. The van der Waals surface area contributed by atoms with Crippen LogP contribution in [0.3, 0.4) is 0 Å². The van der Waals surface area contributed by atoms with Gasteiger partial charge in [-0.1, -0.05) is 6.42 Å². The third-order valence-corrected chi connectivity index (χ3v) is 5.79. The van der Waals surface area contributed by atoms with E-state index < -0.39 is 21.8 Å². The molecular weight excluding hydrogens is 254 g/mol. The SMILES string of the molecule is CC(C)S(=O)(=O)CCCN1CCCCC1C(=O)O. The molecule has 1 aliphatic heterocycles. The van der Waals surface area contributed by atoms with Crippen LogP contribution in [0.4, 0.5) is 0 Å². The molecule has 0 spiro atoms. The van der Waals surface area contributed by atoms with Crippen LogP contribution in [0.1, 0.15) is 39.5 Å². The summed E-state index contributed by atoms with van der Waals surface area (Å²) in [6, 6.07) is -0.430. The molecule has 0 bridgehead atoms. The lowest BCUT2D eigenvalue weighted by molar-refractivity contribution is -0.144. The Morgan fingerprint density at radius 3 is 2.61 bits per heavy atom. The maximum atomic E-state index is 11.7. The average molecular weight is 277 g/mol. The van der Waals surface area contributed by atoms with Crippen molar-refractivity contribution in [2.75, 3.05) is 18.8 Å². The third-order valence-electron chi connectivity index (χ3n) is 3.49. The van der Waals surface area contributed by atoms with Crippen molar-refractivity contribution in [3.8, 4) is 0 Å². The number of hydrogen-bond acceptors (Lipinski definition) is 4. The second-order valence-electron chi connectivity index (χ2n) is 5.16. The van der Waals surface area contributed by atoms with Gasteiger partial charge in [-0.2, -0.15) is 0 Å². The molecule has 106 valence electrons. The van der Waals surface area contributed by atoms with Gasteiger partial charge in [-0.05, 0) is 46.2 Å². The van der Waals surface area contributed by atoms with E-state index >= 15 is 0 Å². The number of carboxylic acid groups (broad SMARTS) is 1. The Morgan fingerprint density at radius 1 is 1.39 bits per heavy atom. The number of nitrogens with zero attached hydrogens (tertiary/aromatic N) is 1. The lowest BCUT2D eigenvalue weighted by atomic mass is 10.0. The minimum atomic E-state index is -3.01. The fraction of sp³-hybridized carbons (Fsp3) is 0.917. The van der Waals surface area contributed by atoms with Gasteiger partial charge in [0.15, 0.2) is 9.84 Å². The molecule has 0 aromatic rings. The minimum absolute atomic E-state index is 0.146. The molecule has 0 aromatic heterocycles. The fourth-order valence-corrected chi connectivity index (χ4v) is 3.25. The van der Waals surface area contributed by atoms with Gasteiger partial charge in [0.1, 0.15) is 6.04 Å². The number of rotatable bonds is 6. The van der Waals surface area contributed by atoms with E-state index in [4.69, 9.17) is 5.11 Å². The summed E-state index contributed by atoms with van der Waals surface area (Å²) < 4.78 is 23.3. The van der Waals surface area contributed by atoms with E-state index in [1.807, 2.05) is 4.90 Å². The van der Waals surface area contributed by atoms with Crippen LogP contribution < -0.4 is 0 Å². The van der Waals surface area contributed by atoms with Crippen LogP contribution in [0.15, 0.2) is 0 Å². The Labute approximate surface area is 109 Å². The minimum Gasteiger partial charge on any atom is -0.480 e. The molecule has 1 unspecified atom stereocenters. The van der Waals surface area contributed by atoms with Crippen molar-refractivity contribution in [3.63, 3.8) is 0 Å². The number of likely N-dealkylation sites (tertiary alicyclic amines) is 1. The molecule has 0 aromatic carbocycles. The zero-order valence-electron chi connectivity index (χ0n) is 11.1. The van der Waals surface area contributed by atoms with Crippen LogP contribution in [-0.4, -0.2) is 54.5 Å². The van der Waals surface area contributed by atoms with Crippen LogP contribution in [0.2, 0.25) is 0 Å². The van der Waals surface area contributed by atoms with Gasteiger partial charge in [-0.25, -0.2) is 8.42 Å². The fourth-order valence-electron chi connectivity index (χ4n) is 2.24. The molecule has 1 fully saturated rings. The Balaban J connectivity index is 2.44. The Morgan fingerprint density at radius 2 is 2.06 bits per heavy atom. The van der Waals surface area contributed by atoms with Gasteiger partial charge in [-0.15, -0.1) is 0 Å². The van der Waals surface area contributed by atoms with Crippen molar-refractivity contribution in [1.29, 1.82) is 0 Å². The first kappa shape index (κ1) is 15.4. The standard InChI is InChI=1S/C12H23NO4S/c1-10(2)18(16,17)9-5-8-13-7-4-3-6-11(13)12(14)15/h10-11H,3-9H2,1-2H3,(H,14,15). The zero-order valence-corrected chi connectivity index (χ0v) is 11.9. The molecule has 5 nitrogen and oxygen atoms in total. The third kappa shape index (κ3) is 4.24. The Hall–Kier alpha value is -0.620. The molecule has 1 rings (SSSR count).